The number of hydrogen-bond acceptors (Lipinski definition) is 4. The third kappa shape index (κ3) is 2.75. The molecule has 25 heavy (non-hydrogen) atoms. The highest BCUT2D eigenvalue weighted by atomic mass is 16.5. The molecule has 0 radical (unpaired) electrons. The number of amides is 2. The van der Waals surface area contributed by atoms with Gasteiger partial charge >= 0.3 is 0 Å². The van der Waals surface area contributed by atoms with Crippen LogP contribution in [0.2, 0.25) is 0 Å². The average Bonchev–Trinajstić information content (AvgIpc) is 3.23. The topological polar surface area (TPSA) is 66.7 Å². The third-order valence-electron chi connectivity index (χ3n) is 6.21. The van der Waals surface area contributed by atoms with E-state index in [4.69, 9.17) is 4.52 Å². The Balaban J connectivity index is 1.37. The first kappa shape index (κ1) is 16.6. The molecule has 0 N–H and O–H groups in total. The smallest absolute Gasteiger partial charge is 0.292 e. The van der Waals surface area contributed by atoms with E-state index < -0.39 is 0 Å². The number of aryl methyl sites for hydroxylation is 1. The zero-order chi connectivity index (χ0) is 17.6. The molecule has 2 heterocycles. The van der Waals surface area contributed by atoms with E-state index in [0.717, 1.165) is 62.6 Å². The van der Waals surface area contributed by atoms with Crippen LogP contribution >= 0.6 is 0 Å². The van der Waals surface area contributed by atoms with Crippen LogP contribution in [-0.2, 0) is 17.6 Å². The van der Waals surface area contributed by atoms with E-state index in [0.29, 0.717) is 24.8 Å². The van der Waals surface area contributed by atoms with Crippen LogP contribution in [0.5, 0.6) is 0 Å². The molecule has 3 aliphatic rings. The lowest BCUT2D eigenvalue weighted by atomic mass is 9.94. The zero-order valence-corrected chi connectivity index (χ0v) is 15.2. The minimum absolute atomic E-state index is 0.0771. The highest BCUT2D eigenvalue weighted by Crippen LogP contribution is 2.51. The lowest BCUT2D eigenvalue weighted by Crippen LogP contribution is -2.62. The molecule has 0 spiro atoms. The van der Waals surface area contributed by atoms with Gasteiger partial charge in [-0.2, -0.15) is 0 Å². The Morgan fingerprint density at radius 2 is 2.00 bits per heavy atom. The van der Waals surface area contributed by atoms with Gasteiger partial charge in [-0.1, -0.05) is 18.5 Å². The molecular formula is C19H27N3O3. The lowest BCUT2D eigenvalue weighted by Gasteiger charge is -2.45. The van der Waals surface area contributed by atoms with Gasteiger partial charge in [0.1, 0.15) is 0 Å². The van der Waals surface area contributed by atoms with Gasteiger partial charge in [0.2, 0.25) is 11.7 Å². The first-order chi connectivity index (χ1) is 12.1. The third-order valence-corrected chi connectivity index (χ3v) is 6.21. The van der Waals surface area contributed by atoms with Gasteiger partial charge in [-0.25, -0.2) is 0 Å². The second-order valence-corrected chi connectivity index (χ2v) is 7.95. The Morgan fingerprint density at radius 3 is 2.68 bits per heavy atom. The summed E-state index contributed by atoms with van der Waals surface area (Å²) in [6.07, 6.45) is 8.08. The van der Waals surface area contributed by atoms with Crippen molar-refractivity contribution >= 4 is 11.8 Å². The maximum atomic E-state index is 12.8. The number of likely N-dealkylation sites (tertiary alicyclic amines) is 1. The molecule has 136 valence electrons. The van der Waals surface area contributed by atoms with Gasteiger partial charge in [0, 0.05) is 31.1 Å². The largest absolute Gasteiger partial charge is 0.350 e. The van der Waals surface area contributed by atoms with Crippen molar-refractivity contribution in [3.05, 3.63) is 17.0 Å². The van der Waals surface area contributed by atoms with Crippen LogP contribution in [-0.4, -0.2) is 52.9 Å². The van der Waals surface area contributed by atoms with Crippen molar-refractivity contribution in [2.75, 3.05) is 20.1 Å². The van der Waals surface area contributed by atoms with Crippen LogP contribution < -0.4 is 0 Å². The van der Waals surface area contributed by atoms with Crippen LogP contribution in [0.1, 0.15) is 67.3 Å². The molecule has 0 bridgehead atoms. The Bertz CT molecular complexity index is 686. The van der Waals surface area contributed by atoms with Gasteiger partial charge in [-0.15, -0.1) is 0 Å². The van der Waals surface area contributed by atoms with Crippen molar-refractivity contribution in [3.8, 4) is 0 Å². The Hall–Kier alpha value is -1.85. The highest BCUT2D eigenvalue weighted by Gasteiger charge is 2.53. The van der Waals surface area contributed by atoms with Gasteiger partial charge in [0.15, 0.2) is 0 Å². The average molecular weight is 345 g/mol. The summed E-state index contributed by atoms with van der Waals surface area (Å²) in [5.74, 6) is 0.609. The first-order valence-corrected chi connectivity index (χ1v) is 9.60. The predicted molar refractivity (Wildman–Crippen MR) is 92.2 cm³/mol. The maximum Gasteiger partial charge on any atom is 0.292 e. The molecular weight excluding hydrogens is 318 g/mol. The second-order valence-electron chi connectivity index (χ2n) is 7.95. The molecule has 1 saturated carbocycles. The monoisotopic (exact) mass is 345 g/mol. The standard InChI is InChI=1S/C19H27N3O3/c1-3-8-19(9-10-19)18(24)22-11-13(12-22)21(2)17(23)16-14-6-4-5-7-15(14)20-25-16/h13H,3-12H2,1-2H3. The summed E-state index contributed by atoms with van der Waals surface area (Å²) < 4.78 is 5.37. The summed E-state index contributed by atoms with van der Waals surface area (Å²) in [6.45, 7) is 3.42. The van der Waals surface area contributed by atoms with Crippen LogP contribution in [0.25, 0.3) is 0 Å². The van der Waals surface area contributed by atoms with E-state index in [1.54, 1.807) is 4.90 Å². The van der Waals surface area contributed by atoms with Crippen molar-refractivity contribution in [1.29, 1.82) is 0 Å². The fraction of sp³-hybridized carbons (Fsp3) is 0.737. The van der Waals surface area contributed by atoms with Gasteiger partial charge in [-0.05, 0) is 44.9 Å². The fourth-order valence-electron chi connectivity index (χ4n) is 4.29. The summed E-state index contributed by atoms with van der Waals surface area (Å²) >= 11 is 0. The SMILES string of the molecule is CCCC1(C(=O)N2CC(N(C)C(=O)c3onc4c3CCCC4)C2)CC1. The quantitative estimate of drug-likeness (QED) is 0.822. The van der Waals surface area contributed by atoms with Gasteiger partial charge in [0.05, 0.1) is 11.7 Å². The van der Waals surface area contributed by atoms with Gasteiger partial charge in [0.25, 0.3) is 5.91 Å². The molecule has 6 nitrogen and oxygen atoms in total. The summed E-state index contributed by atoms with van der Waals surface area (Å²) in [6, 6.07) is 0.0817. The Kier molecular flexibility index (Phi) is 4.08. The molecule has 2 fully saturated rings. The van der Waals surface area contributed by atoms with Crippen molar-refractivity contribution in [2.45, 2.75) is 64.3 Å². The van der Waals surface area contributed by atoms with E-state index in [1.807, 2.05) is 11.9 Å². The number of rotatable bonds is 5. The van der Waals surface area contributed by atoms with Crippen LogP contribution in [0.15, 0.2) is 4.52 Å². The molecule has 6 heteroatoms. The number of hydrogen-bond donors (Lipinski definition) is 0. The number of carbonyl (C=O) groups is 2. The van der Waals surface area contributed by atoms with Crippen molar-refractivity contribution in [3.63, 3.8) is 0 Å². The number of fused-ring (bicyclic) bond motifs is 1. The Morgan fingerprint density at radius 1 is 1.28 bits per heavy atom. The minimum atomic E-state index is -0.0950. The number of aromatic nitrogens is 1. The normalized spacial score (nSPS) is 21.4. The molecule has 0 aromatic carbocycles. The minimum Gasteiger partial charge on any atom is -0.350 e. The summed E-state index contributed by atoms with van der Waals surface area (Å²) in [7, 11) is 1.81. The predicted octanol–water partition coefficient (Wildman–Crippen LogP) is 2.42. The van der Waals surface area contributed by atoms with Crippen LogP contribution in [0, 0.1) is 5.41 Å². The molecule has 1 aromatic rings. The van der Waals surface area contributed by atoms with E-state index in [9.17, 15) is 9.59 Å². The molecule has 2 amide bonds. The van der Waals surface area contributed by atoms with E-state index in [-0.39, 0.29) is 17.4 Å². The van der Waals surface area contributed by atoms with Crippen molar-refractivity contribution < 1.29 is 14.1 Å². The Labute approximate surface area is 148 Å². The molecule has 0 unspecified atom stereocenters. The van der Waals surface area contributed by atoms with E-state index >= 15 is 0 Å². The van der Waals surface area contributed by atoms with E-state index in [1.165, 1.54) is 0 Å². The summed E-state index contributed by atoms with van der Waals surface area (Å²) in [4.78, 5) is 29.1. The van der Waals surface area contributed by atoms with Gasteiger partial charge in [-0.3, -0.25) is 9.59 Å². The summed E-state index contributed by atoms with van der Waals surface area (Å²) in [5.41, 5.74) is 1.87. The van der Waals surface area contributed by atoms with Crippen molar-refractivity contribution in [2.24, 2.45) is 5.41 Å². The number of nitrogens with zero attached hydrogens (tertiary/aromatic N) is 3. The maximum absolute atomic E-state index is 12.8. The first-order valence-electron chi connectivity index (χ1n) is 9.60. The zero-order valence-electron chi connectivity index (χ0n) is 15.2. The molecule has 1 aromatic heterocycles. The van der Waals surface area contributed by atoms with Gasteiger partial charge < -0.3 is 14.3 Å². The van der Waals surface area contributed by atoms with Crippen LogP contribution in [0.3, 0.4) is 0 Å². The van der Waals surface area contributed by atoms with Crippen LogP contribution in [0.4, 0.5) is 0 Å². The van der Waals surface area contributed by atoms with E-state index in [2.05, 4.69) is 12.1 Å². The number of carbonyl (C=O) groups excluding carboxylic acids is 2. The molecule has 4 rings (SSSR count). The fourth-order valence-corrected chi connectivity index (χ4v) is 4.29. The summed E-state index contributed by atoms with van der Waals surface area (Å²) in [5, 5.41) is 4.08. The van der Waals surface area contributed by atoms with Crippen molar-refractivity contribution in [1.82, 2.24) is 15.0 Å². The molecule has 0 atom stereocenters. The lowest BCUT2D eigenvalue weighted by molar-refractivity contribution is -0.144. The molecule has 2 aliphatic carbocycles. The number of likely N-dealkylation sites (N-methyl/N-ethyl adjacent to an activating group) is 1. The molecule has 1 aliphatic heterocycles. The second kappa shape index (κ2) is 6.15. The molecule has 1 saturated heterocycles. The highest BCUT2D eigenvalue weighted by molar-refractivity contribution is 5.93.